The summed E-state index contributed by atoms with van der Waals surface area (Å²) in [6, 6.07) is 13.8. The molecule has 0 bridgehead atoms. The zero-order chi connectivity index (χ0) is 14.8. The van der Waals surface area contributed by atoms with Crippen LogP contribution in [0.4, 0.5) is 10.1 Å². The highest BCUT2D eigenvalue weighted by molar-refractivity contribution is 5.45. The molecule has 0 saturated heterocycles. The first-order valence-electron chi connectivity index (χ1n) is 6.96. The third kappa shape index (κ3) is 3.60. The zero-order valence-electron chi connectivity index (χ0n) is 12.6. The molecule has 0 aliphatic carbocycles. The van der Waals surface area contributed by atoms with E-state index in [1.807, 2.05) is 6.07 Å². The van der Waals surface area contributed by atoms with Crippen molar-refractivity contribution in [3.8, 4) is 0 Å². The second-order valence-electron chi connectivity index (χ2n) is 6.26. The largest absolute Gasteiger partial charge is 0.381 e. The SMILES string of the molecule is Cc1ccc(NCc2ccc(C(C)(C)C)cc2)cc1F. The van der Waals surface area contributed by atoms with Gasteiger partial charge in [-0.15, -0.1) is 0 Å². The Hall–Kier alpha value is -1.83. The van der Waals surface area contributed by atoms with Gasteiger partial charge < -0.3 is 5.32 Å². The Morgan fingerprint density at radius 2 is 1.65 bits per heavy atom. The van der Waals surface area contributed by atoms with Crippen LogP contribution in [0.2, 0.25) is 0 Å². The van der Waals surface area contributed by atoms with Crippen molar-refractivity contribution in [3.63, 3.8) is 0 Å². The minimum Gasteiger partial charge on any atom is -0.381 e. The molecule has 0 aromatic heterocycles. The van der Waals surface area contributed by atoms with E-state index in [1.54, 1.807) is 19.1 Å². The predicted octanol–water partition coefficient (Wildman–Crippen LogP) is 5.04. The molecule has 0 fully saturated rings. The van der Waals surface area contributed by atoms with Gasteiger partial charge in [0.1, 0.15) is 5.82 Å². The first kappa shape index (κ1) is 14.6. The zero-order valence-corrected chi connectivity index (χ0v) is 12.6. The normalized spacial score (nSPS) is 11.4. The summed E-state index contributed by atoms with van der Waals surface area (Å²) < 4.78 is 13.4. The minimum atomic E-state index is -0.168. The smallest absolute Gasteiger partial charge is 0.128 e. The summed E-state index contributed by atoms with van der Waals surface area (Å²) in [5.41, 5.74) is 4.17. The lowest BCUT2D eigenvalue weighted by Gasteiger charge is -2.19. The Bertz CT molecular complexity index is 579. The molecule has 2 aromatic rings. The molecule has 0 amide bonds. The Kier molecular flexibility index (Phi) is 4.12. The first-order valence-corrected chi connectivity index (χ1v) is 6.96. The van der Waals surface area contributed by atoms with E-state index in [0.717, 1.165) is 5.69 Å². The van der Waals surface area contributed by atoms with Gasteiger partial charge in [-0.1, -0.05) is 51.1 Å². The maximum absolute atomic E-state index is 13.4. The molecule has 0 unspecified atom stereocenters. The van der Waals surface area contributed by atoms with E-state index in [9.17, 15) is 4.39 Å². The van der Waals surface area contributed by atoms with Crippen molar-refractivity contribution < 1.29 is 4.39 Å². The van der Waals surface area contributed by atoms with Crippen molar-refractivity contribution in [1.82, 2.24) is 0 Å². The number of rotatable bonds is 3. The Morgan fingerprint density at radius 1 is 1.00 bits per heavy atom. The lowest BCUT2D eigenvalue weighted by molar-refractivity contribution is 0.590. The summed E-state index contributed by atoms with van der Waals surface area (Å²) in [4.78, 5) is 0. The molecule has 20 heavy (non-hydrogen) atoms. The van der Waals surface area contributed by atoms with Crippen molar-refractivity contribution in [2.45, 2.75) is 39.7 Å². The highest BCUT2D eigenvalue weighted by Crippen LogP contribution is 2.22. The second kappa shape index (κ2) is 5.66. The summed E-state index contributed by atoms with van der Waals surface area (Å²) in [5, 5.41) is 3.25. The number of benzene rings is 2. The van der Waals surface area contributed by atoms with Gasteiger partial charge in [-0.2, -0.15) is 0 Å². The molecule has 2 rings (SSSR count). The van der Waals surface area contributed by atoms with E-state index in [1.165, 1.54) is 11.1 Å². The van der Waals surface area contributed by atoms with Crippen LogP contribution in [-0.2, 0) is 12.0 Å². The van der Waals surface area contributed by atoms with Crippen molar-refractivity contribution in [2.24, 2.45) is 0 Å². The van der Waals surface area contributed by atoms with Gasteiger partial charge in [0.25, 0.3) is 0 Å². The fourth-order valence-corrected chi connectivity index (χ4v) is 2.03. The van der Waals surface area contributed by atoms with Gasteiger partial charge in [0.05, 0.1) is 0 Å². The number of anilines is 1. The molecule has 0 saturated carbocycles. The predicted molar refractivity (Wildman–Crippen MR) is 83.6 cm³/mol. The summed E-state index contributed by atoms with van der Waals surface area (Å²) in [6.07, 6.45) is 0. The topological polar surface area (TPSA) is 12.0 Å². The van der Waals surface area contributed by atoms with Gasteiger partial charge in [0, 0.05) is 12.2 Å². The summed E-state index contributed by atoms with van der Waals surface area (Å²) in [6.45, 7) is 9.08. The Labute approximate surface area is 120 Å². The molecule has 0 radical (unpaired) electrons. The number of hydrogen-bond donors (Lipinski definition) is 1. The number of aryl methyl sites for hydroxylation is 1. The van der Waals surface area contributed by atoms with Crippen LogP contribution >= 0.6 is 0 Å². The molecular weight excluding hydrogens is 249 g/mol. The minimum absolute atomic E-state index is 0.168. The highest BCUT2D eigenvalue weighted by Gasteiger charge is 2.12. The van der Waals surface area contributed by atoms with Crippen molar-refractivity contribution in [3.05, 3.63) is 65.0 Å². The number of hydrogen-bond acceptors (Lipinski definition) is 1. The fourth-order valence-electron chi connectivity index (χ4n) is 2.03. The molecule has 106 valence electrons. The molecule has 2 aromatic carbocycles. The van der Waals surface area contributed by atoms with Crippen LogP contribution in [-0.4, -0.2) is 0 Å². The summed E-state index contributed by atoms with van der Waals surface area (Å²) in [7, 11) is 0. The Balaban J connectivity index is 2.02. The van der Waals surface area contributed by atoms with Crippen molar-refractivity contribution in [1.29, 1.82) is 0 Å². The van der Waals surface area contributed by atoms with Crippen LogP contribution in [0, 0.1) is 12.7 Å². The van der Waals surface area contributed by atoms with E-state index in [2.05, 4.69) is 50.4 Å². The summed E-state index contributed by atoms with van der Waals surface area (Å²) in [5.74, 6) is -0.168. The maximum atomic E-state index is 13.4. The Morgan fingerprint density at radius 3 is 2.20 bits per heavy atom. The van der Waals surface area contributed by atoms with Crippen LogP contribution < -0.4 is 5.32 Å². The lowest BCUT2D eigenvalue weighted by atomic mass is 9.87. The van der Waals surface area contributed by atoms with Crippen LogP contribution in [0.25, 0.3) is 0 Å². The molecule has 0 atom stereocenters. The number of halogens is 1. The van der Waals surface area contributed by atoms with Crippen LogP contribution in [0.3, 0.4) is 0 Å². The molecule has 2 heteroatoms. The van der Waals surface area contributed by atoms with Crippen LogP contribution in [0.5, 0.6) is 0 Å². The fraction of sp³-hybridized carbons (Fsp3) is 0.333. The molecule has 1 N–H and O–H groups in total. The maximum Gasteiger partial charge on any atom is 0.128 e. The standard InChI is InChI=1S/C18H22FN/c1-13-5-10-16(11-17(13)19)20-12-14-6-8-15(9-7-14)18(2,3)4/h5-11,20H,12H2,1-4H3. The third-order valence-corrected chi connectivity index (χ3v) is 3.49. The van der Waals surface area contributed by atoms with Crippen LogP contribution in [0.1, 0.15) is 37.5 Å². The number of nitrogens with one attached hydrogen (secondary N) is 1. The molecule has 1 nitrogen and oxygen atoms in total. The van der Waals surface area contributed by atoms with Crippen LogP contribution in [0.15, 0.2) is 42.5 Å². The highest BCUT2D eigenvalue weighted by atomic mass is 19.1. The van der Waals surface area contributed by atoms with E-state index in [0.29, 0.717) is 12.1 Å². The second-order valence-corrected chi connectivity index (χ2v) is 6.26. The van der Waals surface area contributed by atoms with Crippen molar-refractivity contribution >= 4 is 5.69 Å². The molecule has 0 spiro atoms. The van der Waals surface area contributed by atoms with E-state index >= 15 is 0 Å². The molecule has 0 aliphatic rings. The average Bonchev–Trinajstić information content (AvgIpc) is 2.40. The summed E-state index contributed by atoms with van der Waals surface area (Å²) >= 11 is 0. The third-order valence-electron chi connectivity index (χ3n) is 3.49. The van der Waals surface area contributed by atoms with Gasteiger partial charge in [0.15, 0.2) is 0 Å². The van der Waals surface area contributed by atoms with Gasteiger partial charge in [-0.3, -0.25) is 0 Å². The van der Waals surface area contributed by atoms with Gasteiger partial charge in [-0.05, 0) is 41.2 Å². The van der Waals surface area contributed by atoms with Gasteiger partial charge in [0.2, 0.25) is 0 Å². The van der Waals surface area contributed by atoms with Gasteiger partial charge in [-0.25, -0.2) is 4.39 Å². The average molecular weight is 271 g/mol. The monoisotopic (exact) mass is 271 g/mol. The van der Waals surface area contributed by atoms with Crippen molar-refractivity contribution in [2.75, 3.05) is 5.32 Å². The van der Waals surface area contributed by atoms with E-state index < -0.39 is 0 Å². The van der Waals surface area contributed by atoms with E-state index in [4.69, 9.17) is 0 Å². The van der Waals surface area contributed by atoms with Gasteiger partial charge >= 0.3 is 0 Å². The van der Waals surface area contributed by atoms with E-state index in [-0.39, 0.29) is 11.2 Å². The lowest BCUT2D eigenvalue weighted by Crippen LogP contribution is -2.11. The first-order chi connectivity index (χ1) is 9.36. The molecule has 0 aliphatic heterocycles. The molecular formula is C18H22FN. The quantitative estimate of drug-likeness (QED) is 0.824. The molecule has 0 heterocycles.